The van der Waals surface area contributed by atoms with Crippen molar-refractivity contribution in [2.24, 2.45) is 0 Å². The Balaban J connectivity index is 1.68. The van der Waals surface area contributed by atoms with Gasteiger partial charge in [-0.1, -0.05) is 6.07 Å². The van der Waals surface area contributed by atoms with Gasteiger partial charge in [-0.15, -0.1) is 10.2 Å². The molecular formula is C15H15N5O4. The van der Waals surface area contributed by atoms with Crippen LogP contribution in [-0.2, 0) is 4.74 Å². The molecule has 1 aliphatic rings. The molecule has 0 unspecified atom stereocenters. The number of aromatic nitrogens is 2. The number of nitrogens with one attached hydrogen (secondary N) is 1. The van der Waals surface area contributed by atoms with Crippen LogP contribution in [0.5, 0.6) is 0 Å². The molecule has 0 spiro atoms. The molecule has 0 bridgehead atoms. The lowest BCUT2D eigenvalue weighted by atomic mass is 10.2. The zero-order valence-corrected chi connectivity index (χ0v) is 12.7. The van der Waals surface area contributed by atoms with E-state index in [0.717, 1.165) is 13.1 Å². The van der Waals surface area contributed by atoms with Crippen molar-refractivity contribution in [2.75, 3.05) is 36.5 Å². The van der Waals surface area contributed by atoms with Crippen molar-refractivity contribution in [3.63, 3.8) is 0 Å². The van der Waals surface area contributed by atoms with E-state index in [4.69, 9.17) is 4.74 Å². The molecule has 2 aromatic rings. The Bertz CT molecular complexity index is 744. The highest BCUT2D eigenvalue weighted by molar-refractivity contribution is 6.02. The number of nitro benzene ring substituents is 1. The van der Waals surface area contributed by atoms with Crippen LogP contribution in [0.25, 0.3) is 0 Å². The number of hydrogen-bond acceptors (Lipinski definition) is 7. The zero-order chi connectivity index (χ0) is 16.9. The molecule has 0 saturated carbocycles. The van der Waals surface area contributed by atoms with Crippen molar-refractivity contribution in [3.8, 4) is 0 Å². The van der Waals surface area contributed by atoms with Crippen LogP contribution < -0.4 is 10.2 Å². The van der Waals surface area contributed by atoms with Crippen LogP contribution in [0.3, 0.4) is 0 Å². The van der Waals surface area contributed by atoms with Crippen LogP contribution >= 0.6 is 0 Å². The number of ether oxygens (including phenoxy) is 1. The molecular weight excluding hydrogens is 314 g/mol. The molecule has 0 aliphatic carbocycles. The third-order valence-electron chi connectivity index (χ3n) is 3.53. The highest BCUT2D eigenvalue weighted by atomic mass is 16.6. The van der Waals surface area contributed by atoms with Gasteiger partial charge in [-0.05, 0) is 18.2 Å². The van der Waals surface area contributed by atoms with E-state index in [1.54, 1.807) is 18.2 Å². The monoisotopic (exact) mass is 329 g/mol. The average Bonchev–Trinajstić information content (AvgIpc) is 2.63. The Kier molecular flexibility index (Phi) is 4.62. The first-order valence-electron chi connectivity index (χ1n) is 7.36. The molecule has 9 heteroatoms. The highest BCUT2D eigenvalue weighted by Gasteiger charge is 2.15. The number of carbonyl (C=O) groups excluding carboxylic acids is 1. The van der Waals surface area contributed by atoms with Crippen molar-refractivity contribution in [2.45, 2.75) is 0 Å². The summed E-state index contributed by atoms with van der Waals surface area (Å²) in [6, 6.07) is 9.01. The van der Waals surface area contributed by atoms with Gasteiger partial charge in [0.15, 0.2) is 11.5 Å². The lowest BCUT2D eigenvalue weighted by molar-refractivity contribution is -0.384. The summed E-state index contributed by atoms with van der Waals surface area (Å²) in [5, 5.41) is 21.3. The number of hydrogen-bond donors (Lipinski definition) is 1. The summed E-state index contributed by atoms with van der Waals surface area (Å²) in [6.07, 6.45) is 0. The predicted molar refractivity (Wildman–Crippen MR) is 86.1 cm³/mol. The lowest BCUT2D eigenvalue weighted by Gasteiger charge is -2.27. The molecule has 1 N–H and O–H groups in total. The van der Waals surface area contributed by atoms with Crippen molar-refractivity contribution in [1.29, 1.82) is 0 Å². The molecule has 2 heterocycles. The Morgan fingerprint density at radius 3 is 2.67 bits per heavy atom. The second-order valence-electron chi connectivity index (χ2n) is 5.14. The van der Waals surface area contributed by atoms with Gasteiger partial charge < -0.3 is 15.0 Å². The number of rotatable bonds is 4. The van der Waals surface area contributed by atoms with Crippen LogP contribution in [0.15, 0.2) is 36.4 Å². The smallest absolute Gasteiger partial charge is 0.276 e. The molecule has 3 rings (SSSR count). The fourth-order valence-corrected chi connectivity index (χ4v) is 2.30. The van der Waals surface area contributed by atoms with Gasteiger partial charge in [0.2, 0.25) is 0 Å². The molecule has 1 aliphatic heterocycles. The first-order chi connectivity index (χ1) is 11.6. The molecule has 1 saturated heterocycles. The quantitative estimate of drug-likeness (QED) is 0.668. The van der Waals surface area contributed by atoms with Crippen LogP contribution in [0.2, 0.25) is 0 Å². The Morgan fingerprint density at radius 1 is 1.21 bits per heavy atom. The van der Waals surface area contributed by atoms with Crippen LogP contribution in [-0.4, -0.2) is 47.3 Å². The number of non-ortho nitro benzene ring substituents is 1. The highest BCUT2D eigenvalue weighted by Crippen LogP contribution is 2.18. The first-order valence-corrected chi connectivity index (χ1v) is 7.36. The van der Waals surface area contributed by atoms with Crippen molar-refractivity contribution in [3.05, 3.63) is 52.2 Å². The number of nitro groups is 1. The van der Waals surface area contributed by atoms with E-state index < -0.39 is 10.8 Å². The van der Waals surface area contributed by atoms with Gasteiger partial charge in [-0.3, -0.25) is 14.9 Å². The minimum atomic E-state index is -0.521. The number of benzene rings is 1. The van der Waals surface area contributed by atoms with E-state index in [0.29, 0.717) is 24.7 Å². The topological polar surface area (TPSA) is 110 Å². The number of amides is 1. The average molecular weight is 329 g/mol. The third kappa shape index (κ3) is 3.63. The maximum Gasteiger partial charge on any atom is 0.276 e. The number of carbonyl (C=O) groups is 1. The van der Waals surface area contributed by atoms with E-state index in [1.807, 2.05) is 4.90 Å². The van der Waals surface area contributed by atoms with Crippen molar-refractivity contribution >= 4 is 23.1 Å². The van der Waals surface area contributed by atoms with E-state index >= 15 is 0 Å². The summed E-state index contributed by atoms with van der Waals surface area (Å²) in [5.74, 6) is 0.210. The maximum atomic E-state index is 12.2. The minimum absolute atomic E-state index is 0.0958. The number of anilines is 2. The fraction of sp³-hybridized carbons (Fsp3) is 0.267. The summed E-state index contributed by atoms with van der Waals surface area (Å²) >= 11 is 0. The van der Waals surface area contributed by atoms with E-state index in [2.05, 4.69) is 15.5 Å². The number of nitrogens with zero attached hydrogens (tertiary/aromatic N) is 4. The summed E-state index contributed by atoms with van der Waals surface area (Å²) in [7, 11) is 0. The normalized spacial score (nSPS) is 14.2. The first kappa shape index (κ1) is 15.8. The van der Waals surface area contributed by atoms with Crippen LogP contribution in [0.1, 0.15) is 10.5 Å². The predicted octanol–water partition coefficient (Wildman–Crippen LogP) is 1.47. The Labute approximate surface area is 137 Å². The summed E-state index contributed by atoms with van der Waals surface area (Å²) in [6.45, 7) is 2.73. The molecule has 1 amide bonds. The van der Waals surface area contributed by atoms with Crippen molar-refractivity contribution < 1.29 is 14.5 Å². The lowest BCUT2D eigenvalue weighted by Crippen LogP contribution is -2.37. The molecule has 0 radical (unpaired) electrons. The van der Waals surface area contributed by atoms with E-state index in [1.165, 1.54) is 18.2 Å². The molecule has 0 atom stereocenters. The van der Waals surface area contributed by atoms with E-state index in [9.17, 15) is 14.9 Å². The standard InChI is InChI=1S/C15H15N5O4/c21-15(16-11-2-1-3-12(10-11)20(22)23)13-4-5-14(18-17-13)19-6-8-24-9-7-19/h1-5,10H,6-9H2,(H,16,21). The molecule has 24 heavy (non-hydrogen) atoms. The largest absolute Gasteiger partial charge is 0.378 e. The Hall–Kier alpha value is -3.07. The van der Waals surface area contributed by atoms with Crippen LogP contribution in [0.4, 0.5) is 17.2 Å². The summed E-state index contributed by atoms with van der Waals surface area (Å²) < 4.78 is 5.27. The SMILES string of the molecule is O=C(Nc1cccc([N+](=O)[O-])c1)c1ccc(N2CCOCC2)nn1. The Morgan fingerprint density at radius 2 is 2.00 bits per heavy atom. The molecule has 124 valence electrons. The summed E-state index contributed by atoms with van der Waals surface area (Å²) in [5.41, 5.74) is 0.369. The zero-order valence-electron chi connectivity index (χ0n) is 12.7. The second kappa shape index (κ2) is 7.01. The van der Waals surface area contributed by atoms with Gasteiger partial charge >= 0.3 is 0 Å². The van der Waals surface area contributed by atoms with Gasteiger partial charge in [-0.2, -0.15) is 0 Å². The van der Waals surface area contributed by atoms with Gasteiger partial charge in [0.1, 0.15) is 0 Å². The maximum absolute atomic E-state index is 12.2. The number of morpholine rings is 1. The minimum Gasteiger partial charge on any atom is -0.378 e. The van der Waals surface area contributed by atoms with E-state index in [-0.39, 0.29) is 11.4 Å². The van der Waals surface area contributed by atoms with Gasteiger partial charge in [-0.25, -0.2) is 0 Å². The van der Waals surface area contributed by atoms with Crippen LogP contribution in [0, 0.1) is 10.1 Å². The molecule has 1 aromatic heterocycles. The third-order valence-corrected chi connectivity index (χ3v) is 3.53. The summed E-state index contributed by atoms with van der Waals surface area (Å²) in [4.78, 5) is 24.4. The van der Waals surface area contributed by atoms with Crippen molar-refractivity contribution in [1.82, 2.24) is 10.2 Å². The molecule has 1 aromatic carbocycles. The van der Waals surface area contributed by atoms with Gasteiger partial charge in [0.05, 0.1) is 18.1 Å². The second-order valence-corrected chi connectivity index (χ2v) is 5.14. The molecule has 9 nitrogen and oxygen atoms in total. The van der Waals surface area contributed by atoms with Gasteiger partial charge in [0, 0.05) is 30.9 Å². The van der Waals surface area contributed by atoms with Gasteiger partial charge in [0.25, 0.3) is 11.6 Å². The molecule has 1 fully saturated rings. The fourth-order valence-electron chi connectivity index (χ4n) is 2.30.